The number of carbonyl (C=O) groups is 1. The second kappa shape index (κ2) is 6.89. The second-order valence-electron chi connectivity index (χ2n) is 5.88. The van der Waals surface area contributed by atoms with Crippen LogP contribution in [0, 0.1) is 6.92 Å². The number of amides is 1. The molecule has 3 nitrogen and oxygen atoms in total. The van der Waals surface area contributed by atoms with Crippen LogP contribution in [0.2, 0.25) is 0 Å². The first-order chi connectivity index (χ1) is 9.63. The molecule has 1 aliphatic rings. The number of carbonyl (C=O) groups excluding carboxylic acids is 1. The van der Waals surface area contributed by atoms with E-state index in [1.807, 2.05) is 31.2 Å². The Bertz CT molecular complexity index is 450. The third kappa shape index (κ3) is 3.40. The Labute approximate surface area is 122 Å². The smallest absolute Gasteiger partial charge is 0.254 e. The van der Waals surface area contributed by atoms with Gasteiger partial charge in [-0.2, -0.15) is 0 Å². The highest BCUT2D eigenvalue weighted by atomic mass is 16.2. The van der Waals surface area contributed by atoms with Crippen molar-refractivity contribution in [2.45, 2.75) is 58.0 Å². The average molecular weight is 274 g/mol. The molecule has 1 aromatic carbocycles. The minimum atomic E-state index is 0.186. The molecule has 0 saturated heterocycles. The van der Waals surface area contributed by atoms with Gasteiger partial charge in [-0.15, -0.1) is 0 Å². The molecule has 0 atom stereocenters. The fraction of sp³-hybridized carbons (Fsp3) is 0.588. The Morgan fingerprint density at radius 3 is 2.50 bits per heavy atom. The third-order valence-electron chi connectivity index (χ3n) is 4.28. The molecule has 0 unspecified atom stereocenters. The van der Waals surface area contributed by atoms with E-state index in [1.165, 1.54) is 0 Å². The highest BCUT2D eigenvalue weighted by molar-refractivity contribution is 5.95. The molecular weight excluding hydrogens is 248 g/mol. The van der Waals surface area contributed by atoms with Gasteiger partial charge in [0.05, 0.1) is 0 Å². The number of aryl methyl sites for hydroxylation is 1. The van der Waals surface area contributed by atoms with Crippen LogP contribution in [0.4, 0.5) is 0 Å². The van der Waals surface area contributed by atoms with E-state index >= 15 is 0 Å². The Morgan fingerprint density at radius 2 is 1.90 bits per heavy atom. The summed E-state index contributed by atoms with van der Waals surface area (Å²) in [6.45, 7) is 4.98. The van der Waals surface area contributed by atoms with Crippen molar-refractivity contribution in [2.24, 2.45) is 5.73 Å². The van der Waals surface area contributed by atoms with Gasteiger partial charge < -0.3 is 10.6 Å². The number of benzene rings is 1. The van der Waals surface area contributed by atoms with Crippen LogP contribution in [0.25, 0.3) is 0 Å². The summed E-state index contributed by atoms with van der Waals surface area (Å²) in [6.07, 6.45) is 5.15. The minimum absolute atomic E-state index is 0.186. The maximum atomic E-state index is 12.8. The number of nitrogens with two attached hydrogens (primary N) is 1. The topological polar surface area (TPSA) is 46.3 Å². The van der Waals surface area contributed by atoms with Crippen LogP contribution < -0.4 is 5.73 Å². The molecular formula is C17H26N2O. The molecule has 3 heteroatoms. The third-order valence-corrected chi connectivity index (χ3v) is 4.28. The molecule has 1 amide bonds. The van der Waals surface area contributed by atoms with Crippen LogP contribution in [0.15, 0.2) is 24.3 Å². The van der Waals surface area contributed by atoms with Crippen molar-refractivity contribution >= 4 is 5.91 Å². The average Bonchev–Trinajstić information content (AvgIpc) is 2.46. The highest BCUT2D eigenvalue weighted by Gasteiger charge is 2.28. The molecule has 20 heavy (non-hydrogen) atoms. The standard InChI is InChI=1S/C17H26N2O/c1-3-12-19(15-10-8-14(18)9-11-15)17(20)16-7-5-4-6-13(16)2/h4-7,14-15H,3,8-12,18H2,1-2H3. The zero-order valence-electron chi connectivity index (χ0n) is 12.6. The summed E-state index contributed by atoms with van der Waals surface area (Å²) >= 11 is 0. The predicted molar refractivity (Wildman–Crippen MR) is 82.7 cm³/mol. The molecule has 1 aromatic rings. The Morgan fingerprint density at radius 1 is 1.25 bits per heavy atom. The van der Waals surface area contributed by atoms with Crippen LogP contribution in [0.3, 0.4) is 0 Å². The summed E-state index contributed by atoms with van der Waals surface area (Å²) in [5, 5.41) is 0. The molecule has 0 bridgehead atoms. The zero-order chi connectivity index (χ0) is 14.5. The van der Waals surface area contributed by atoms with Crippen molar-refractivity contribution in [2.75, 3.05) is 6.54 Å². The van der Waals surface area contributed by atoms with Gasteiger partial charge in [-0.3, -0.25) is 4.79 Å². The van der Waals surface area contributed by atoms with E-state index < -0.39 is 0 Å². The van der Waals surface area contributed by atoms with Gasteiger partial charge in [-0.05, 0) is 50.7 Å². The first-order valence-electron chi connectivity index (χ1n) is 7.75. The Hall–Kier alpha value is -1.35. The number of hydrogen-bond donors (Lipinski definition) is 1. The lowest BCUT2D eigenvalue weighted by Gasteiger charge is -2.36. The van der Waals surface area contributed by atoms with Crippen LogP contribution in [0.5, 0.6) is 0 Å². The van der Waals surface area contributed by atoms with Crippen LogP contribution in [-0.2, 0) is 0 Å². The molecule has 2 N–H and O–H groups in total. The van der Waals surface area contributed by atoms with Gasteiger partial charge in [0, 0.05) is 24.2 Å². The van der Waals surface area contributed by atoms with Gasteiger partial charge in [-0.1, -0.05) is 25.1 Å². The first kappa shape index (κ1) is 15.0. The molecule has 1 fully saturated rings. The lowest BCUT2D eigenvalue weighted by molar-refractivity contribution is 0.0626. The van der Waals surface area contributed by atoms with E-state index in [2.05, 4.69) is 11.8 Å². The molecule has 1 saturated carbocycles. The van der Waals surface area contributed by atoms with Gasteiger partial charge >= 0.3 is 0 Å². The summed E-state index contributed by atoms with van der Waals surface area (Å²) in [6, 6.07) is 8.56. The van der Waals surface area contributed by atoms with Gasteiger partial charge in [-0.25, -0.2) is 0 Å². The molecule has 2 rings (SSSR count). The van der Waals surface area contributed by atoms with Crippen molar-refractivity contribution in [3.05, 3.63) is 35.4 Å². The van der Waals surface area contributed by atoms with Crippen LogP contribution >= 0.6 is 0 Å². The lowest BCUT2D eigenvalue weighted by atomic mass is 9.90. The largest absolute Gasteiger partial charge is 0.336 e. The summed E-state index contributed by atoms with van der Waals surface area (Å²) in [4.78, 5) is 14.9. The van der Waals surface area contributed by atoms with E-state index in [-0.39, 0.29) is 5.91 Å². The predicted octanol–water partition coefficient (Wildman–Crippen LogP) is 3.12. The summed E-state index contributed by atoms with van der Waals surface area (Å²) in [5.74, 6) is 0.186. The van der Waals surface area contributed by atoms with Crippen molar-refractivity contribution in [3.8, 4) is 0 Å². The van der Waals surface area contributed by atoms with E-state index in [0.29, 0.717) is 12.1 Å². The molecule has 1 aliphatic carbocycles. The molecule has 0 aromatic heterocycles. The quantitative estimate of drug-likeness (QED) is 0.917. The first-order valence-corrected chi connectivity index (χ1v) is 7.75. The van der Waals surface area contributed by atoms with E-state index in [4.69, 9.17) is 5.73 Å². The summed E-state index contributed by atoms with van der Waals surface area (Å²) in [7, 11) is 0. The molecule has 110 valence electrons. The fourth-order valence-electron chi connectivity index (χ4n) is 3.07. The minimum Gasteiger partial charge on any atom is -0.336 e. The molecule has 0 radical (unpaired) electrons. The molecule has 0 aliphatic heterocycles. The maximum absolute atomic E-state index is 12.8. The van der Waals surface area contributed by atoms with E-state index in [1.54, 1.807) is 0 Å². The summed E-state index contributed by atoms with van der Waals surface area (Å²) in [5.41, 5.74) is 7.88. The van der Waals surface area contributed by atoms with Crippen molar-refractivity contribution in [1.82, 2.24) is 4.90 Å². The number of hydrogen-bond acceptors (Lipinski definition) is 2. The van der Waals surface area contributed by atoms with E-state index in [0.717, 1.165) is 49.8 Å². The fourth-order valence-corrected chi connectivity index (χ4v) is 3.07. The van der Waals surface area contributed by atoms with Gasteiger partial charge in [0.1, 0.15) is 0 Å². The summed E-state index contributed by atoms with van der Waals surface area (Å²) < 4.78 is 0. The Kier molecular flexibility index (Phi) is 5.18. The van der Waals surface area contributed by atoms with Crippen molar-refractivity contribution in [1.29, 1.82) is 0 Å². The molecule has 0 heterocycles. The van der Waals surface area contributed by atoms with E-state index in [9.17, 15) is 4.79 Å². The van der Waals surface area contributed by atoms with Crippen LogP contribution in [0.1, 0.15) is 54.9 Å². The van der Waals surface area contributed by atoms with Gasteiger partial charge in [0.25, 0.3) is 5.91 Å². The van der Waals surface area contributed by atoms with Gasteiger partial charge in [0.2, 0.25) is 0 Å². The SMILES string of the molecule is CCCN(C(=O)c1ccccc1C)C1CCC(N)CC1. The monoisotopic (exact) mass is 274 g/mol. The second-order valence-corrected chi connectivity index (χ2v) is 5.88. The Balaban J connectivity index is 2.16. The lowest BCUT2D eigenvalue weighted by Crippen LogP contribution is -2.44. The van der Waals surface area contributed by atoms with Crippen LogP contribution in [-0.4, -0.2) is 29.4 Å². The maximum Gasteiger partial charge on any atom is 0.254 e. The number of nitrogens with zero attached hydrogens (tertiary/aromatic N) is 1. The normalized spacial score (nSPS) is 22.6. The van der Waals surface area contributed by atoms with Gasteiger partial charge in [0.15, 0.2) is 0 Å². The highest BCUT2D eigenvalue weighted by Crippen LogP contribution is 2.24. The number of rotatable bonds is 4. The zero-order valence-corrected chi connectivity index (χ0v) is 12.6. The van der Waals surface area contributed by atoms with Crippen molar-refractivity contribution < 1.29 is 4.79 Å². The van der Waals surface area contributed by atoms with Crippen molar-refractivity contribution in [3.63, 3.8) is 0 Å². The molecule has 0 spiro atoms.